The molecule has 0 spiro atoms. The zero-order valence-corrected chi connectivity index (χ0v) is 18.8. The van der Waals surface area contributed by atoms with Gasteiger partial charge in [0.2, 0.25) is 5.16 Å². The molecule has 2 aliphatic carbocycles. The molecule has 2 fully saturated rings. The molecule has 2 saturated carbocycles. The monoisotopic (exact) mass is 464 g/mol. The Hall–Kier alpha value is -3.27. The van der Waals surface area contributed by atoms with Crippen molar-refractivity contribution in [3.63, 3.8) is 0 Å². The van der Waals surface area contributed by atoms with E-state index in [0.717, 1.165) is 60.7 Å². The topological polar surface area (TPSA) is 116 Å². The zero-order chi connectivity index (χ0) is 22.4. The minimum Gasteiger partial charge on any atom is -0.467 e. The van der Waals surface area contributed by atoms with Crippen molar-refractivity contribution >= 4 is 29.5 Å². The number of furan rings is 2. The van der Waals surface area contributed by atoms with Gasteiger partial charge in [0.05, 0.1) is 24.0 Å². The SMILES string of the molecule is Nn1c(SCC(=O)N2N=C3/C(=C/c4ccco4)CCCC3C2c2ccco2)nnc1C1CC1. The number of amides is 1. The van der Waals surface area contributed by atoms with E-state index in [9.17, 15) is 4.79 Å². The number of rotatable bonds is 6. The van der Waals surface area contributed by atoms with E-state index in [1.54, 1.807) is 17.5 Å². The Labute approximate surface area is 194 Å². The van der Waals surface area contributed by atoms with Gasteiger partial charge in [-0.05, 0) is 68.0 Å². The summed E-state index contributed by atoms with van der Waals surface area (Å²) in [6, 6.07) is 7.30. The predicted molar refractivity (Wildman–Crippen MR) is 123 cm³/mol. The molecule has 2 unspecified atom stereocenters. The lowest BCUT2D eigenvalue weighted by Crippen LogP contribution is -2.32. The molecule has 1 aliphatic heterocycles. The zero-order valence-electron chi connectivity index (χ0n) is 18.0. The second-order valence-corrected chi connectivity index (χ2v) is 9.58. The predicted octanol–water partition coefficient (Wildman–Crippen LogP) is 3.97. The molecule has 0 aromatic carbocycles. The number of hydrogen-bond acceptors (Lipinski definition) is 8. The molecule has 4 heterocycles. The Morgan fingerprint density at radius 3 is 2.79 bits per heavy atom. The molecular formula is C23H24N6O3S. The van der Waals surface area contributed by atoms with Crippen LogP contribution >= 0.6 is 11.8 Å². The van der Waals surface area contributed by atoms with Crippen LogP contribution in [0.1, 0.15) is 61.4 Å². The average molecular weight is 465 g/mol. The van der Waals surface area contributed by atoms with Crippen molar-refractivity contribution in [2.24, 2.45) is 11.0 Å². The second-order valence-electron chi connectivity index (χ2n) is 8.64. The molecule has 2 N–H and O–H groups in total. The van der Waals surface area contributed by atoms with E-state index in [4.69, 9.17) is 19.8 Å². The molecule has 3 aliphatic rings. The molecule has 0 radical (unpaired) electrons. The van der Waals surface area contributed by atoms with Crippen LogP contribution < -0.4 is 5.84 Å². The summed E-state index contributed by atoms with van der Waals surface area (Å²) in [5, 5.41) is 15.3. The third-order valence-electron chi connectivity index (χ3n) is 6.41. The normalized spacial score (nSPS) is 23.7. The van der Waals surface area contributed by atoms with E-state index in [0.29, 0.717) is 11.1 Å². The van der Waals surface area contributed by atoms with Gasteiger partial charge in [-0.3, -0.25) is 4.79 Å². The Balaban J connectivity index is 1.27. The van der Waals surface area contributed by atoms with Gasteiger partial charge >= 0.3 is 0 Å². The highest BCUT2D eigenvalue weighted by Gasteiger charge is 2.45. The summed E-state index contributed by atoms with van der Waals surface area (Å²) in [7, 11) is 0. The summed E-state index contributed by atoms with van der Waals surface area (Å²) in [5.41, 5.74) is 2.05. The fourth-order valence-electron chi connectivity index (χ4n) is 4.69. The van der Waals surface area contributed by atoms with Gasteiger partial charge in [-0.2, -0.15) is 5.10 Å². The Kier molecular flexibility index (Phi) is 5.09. The fraction of sp³-hybridized carbons (Fsp3) is 0.391. The number of nitrogens with two attached hydrogens (primary N) is 1. The standard InChI is InChI=1S/C23H24N6O3S/c24-28-22(14-8-9-14)25-26-23(28)33-13-19(30)29-21(18-7-3-11-32-18)17-6-1-4-15(20(17)27-29)12-16-5-2-10-31-16/h2-3,5,7,10-12,14,17,21H,1,4,6,8-9,13,24H2/b15-12+. The highest BCUT2D eigenvalue weighted by Crippen LogP contribution is 2.45. The molecule has 1 amide bonds. The number of carbonyl (C=O) groups is 1. The van der Waals surface area contributed by atoms with Crippen LogP contribution in [0.2, 0.25) is 0 Å². The van der Waals surface area contributed by atoms with Crippen LogP contribution in [-0.2, 0) is 4.79 Å². The van der Waals surface area contributed by atoms with Crippen molar-refractivity contribution in [1.82, 2.24) is 19.9 Å². The van der Waals surface area contributed by atoms with Crippen LogP contribution in [0, 0.1) is 5.92 Å². The first-order valence-electron chi connectivity index (χ1n) is 11.2. The summed E-state index contributed by atoms with van der Waals surface area (Å²) in [6.45, 7) is 0. The van der Waals surface area contributed by atoms with E-state index < -0.39 is 0 Å². The molecule has 6 rings (SSSR count). The molecule has 10 heteroatoms. The highest BCUT2D eigenvalue weighted by molar-refractivity contribution is 7.99. The third-order valence-corrected chi connectivity index (χ3v) is 7.34. The van der Waals surface area contributed by atoms with E-state index in [1.807, 2.05) is 30.3 Å². The fourth-order valence-corrected chi connectivity index (χ4v) is 5.41. The van der Waals surface area contributed by atoms with E-state index >= 15 is 0 Å². The van der Waals surface area contributed by atoms with Crippen molar-refractivity contribution in [3.05, 3.63) is 59.7 Å². The van der Waals surface area contributed by atoms with Gasteiger partial charge in [-0.1, -0.05) is 11.8 Å². The molecule has 9 nitrogen and oxygen atoms in total. The lowest BCUT2D eigenvalue weighted by Gasteiger charge is -2.27. The number of allylic oxidation sites excluding steroid dienone is 1. The summed E-state index contributed by atoms with van der Waals surface area (Å²) in [5.74, 6) is 9.00. The minimum absolute atomic E-state index is 0.0830. The van der Waals surface area contributed by atoms with Gasteiger partial charge in [0.1, 0.15) is 17.6 Å². The second kappa shape index (κ2) is 8.26. The number of fused-ring (bicyclic) bond motifs is 1. The van der Waals surface area contributed by atoms with Crippen LogP contribution in [0.3, 0.4) is 0 Å². The Morgan fingerprint density at radius 1 is 1.18 bits per heavy atom. The van der Waals surface area contributed by atoms with Gasteiger partial charge in [0.15, 0.2) is 5.82 Å². The first-order valence-corrected chi connectivity index (χ1v) is 12.2. The van der Waals surface area contributed by atoms with Gasteiger partial charge in [0.25, 0.3) is 5.91 Å². The summed E-state index contributed by atoms with van der Waals surface area (Å²) >= 11 is 1.29. The first-order chi connectivity index (χ1) is 16.2. The van der Waals surface area contributed by atoms with Crippen molar-refractivity contribution < 1.29 is 13.6 Å². The molecule has 170 valence electrons. The van der Waals surface area contributed by atoms with Crippen molar-refractivity contribution in [3.8, 4) is 0 Å². The van der Waals surface area contributed by atoms with Gasteiger partial charge < -0.3 is 14.7 Å². The molecule has 33 heavy (non-hydrogen) atoms. The van der Waals surface area contributed by atoms with E-state index in [2.05, 4.69) is 10.2 Å². The average Bonchev–Trinajstić information content (AvgIpc) is 3.25. The molecule has 0 bridgehead atoms. The summed E-state index contributed by atoms with van der Waals surface area (Å²) < 4.78 is 12.8. The lowest BCUT2D eigenvalue weighted by molar-refractivity contribution is -0.131. The maximum Gasteiger partial charge on any atom is 0.253 e. The van der Waals surface area contributed by atoms with Crippen LogP contribution in [-0.4, -0.2) is 37.3 Å². The lowest BCUT2D eigenvalue weighted by atomic mass is 9.79. The largest absolute Gasteiger partial charge is 0.467 e. The number of hydrazone groups is 1. The summed E-state index contributed by atoms with van der Waals surface area (Å²) in [4.78, 5) is 13.4. The smallest absolute Gasteiger partial charge is 0.253 e. The van der Waals surface area contributed by atoms with Gasteiger partial charge in [0, 0.05) is 11.8 Å². The van der Waals surface area contributed by atoms with Gasteiger partial charge in [-0.25, -0.2) is 9.69 Å². The highest BCUT2D eigenvalue weighted by atomic mass is 32.2. The maximum atomic E-state index is 13.4. The quantitative estimate of drug-likeness (QED) is 0.433. The molecule has 0 saturated heterocycles. The van der Waals surface area contributed by atoms with Crippen molar-refractivity contribution in [2.75, 3.05) is 11.6 Å². The molecular weight excluding hydrogens is 440 g/mol. The number of aromatic nitrogens is 3. The Morgan fingerprint density at radius 2 is 2.03 bits per heavy atom. The minimum atomic E-state index is -0.263. The number of nitrogen functional groups attached to an aromatic ring is 1. The third kappa shape index (κ3) is 3.78. The van der Waals surface area contributed by atoms with Crippen molar-refractivity contribution in [1.29, 1.82) is 0 Å². The number of carbonyl (C=O) groups excluding carboxylic acids is 1. The molecule has 3 aromatic rings. The molecule has 2 atom stereocenters. The van der Waals surface area contributed by atoms with Crippen LogP contribution in [0.4, 0.5) is 0 Å². The van der Waals surface area contributed by atoms with Crippen LogP contribution in [0.5, 0.6) is 0 Å². The number of thioether (sulfide) groups is 1. The van der Waals surface area contributed by atoms with E-state index in [-0.39, 0.29) is 23.6 Å². The summed E-state index contributed by atoms with van der Waals surface area (Å²) in [6.07, 6.45) is 10.4. The number of nitrogens with zero attached hydrogens (tertiary/aromatic N) is 5. The van der Waals surface area contributed by atoms with Gasteiger partial charge in [-0.15, -0.1) is 10.2 Å². The van der Waals surface area contributed by atoms with Crippen LogP contribution in [0.25, 0.3) is 6.08 Å². The van der Waals surface area contributed by atoms with Crippen molar-refractivity contribution in [2.45, 2.75) is 49.2 Å². The Bertz CT molecular complexity index is 1210. The molecule has 3 aromatic heterocycles. The van der Waals surface area contributed by atoms with E-state index in [1.165, 1.54) is 16.4 Å². The first kappa shape index (κ1) is 20.3. The van der Waals surface area contributed by atoms with Crippen LogP contribution in [0.15, 0.2) is 61.5 Å². The number of hydrogen-bond donors (Lipinski definition) is 1. The maximum absolute atomic E-state index is 13.4.